The largest absolute Gasteiger partial charge is 0.356 e. The number of nitrogens with zero attached hydrogens (tertiary/aromatic N) is 3. The zero-order valence-corrected chi connectivity index (χ0v) is 11.2. The van der Waals surface area contributed by atoms with Crippen molar-refractivity contribution in [2.45, 2.75) is 44.6 Å². The van der Waals surface area contributed by atoms with E-state index in [1.807, 2.05) is 0 Å². The van der Waals surface area contributed by atoms with Crippen LogP contribution in [0.2, 0.25) is 0 Å². The molecule has 1 saturated heterocycles. The molecule has 1 unspecified atom stereocenters. The molecule has 98 valence electrons. The Morgan fingerprint density at radius 2 is 2.11 bits per heavy atom. The topological polar surface area (TPSA) is 41.1 Å². The van der Waals surface area contributed by atoms with E-state index in [1.165, 1.54) is 42.8 Å². The molecule has 0 bridgehead atoms. The SMILES string of the molecule is CN(c1ncnc2c1CCC2)C1CCCNCC1. The molecule has 3 rings (SSSR count). The highest BCUT2D eigenvalue weighted by Crippen LogP contribution is 2.29. The molecule has 0 aromatic carbocycles. The fourth-order valence-corrected chi connectivity index (χ4v) is 3.21. The number of rotatable bonds is 2. The minimum Gasteiger partial charge on any atom is -0.356 e. The van der Waals surface area contributed by atoms with Gasteiger partial charge in [0.25, 0.3) is 0 Å². The van der Waals surface area contributed by atoms with Gasteiger partial charge in [-0.2, -0.15) is 0 Å². The number of anilines is 1. The lowest BCUT2D eigenvalue weighted by molar-refractivity contribution is 0.560. The summed E-state index contributed by atoms with van der Waals surface area (Å²) in [7, 11) is 2.21. The molecule has 1 aliphatic carbocycles. The Labute approximate surface area is 109 Å². The Kier molecular flexibility index (Phi) is 3.46. The number of nitrogens with one attached hydrogen (secondary N) is 1. The van der Waals surface area contributed by atoms with Gasteiger partial charge in [-0.1, -0.05) is 0 Å². The molecule has 4 nitrogen and oxygen atoms in total. The molecule has 1 aliphatic heterocycles. The summed E-state index contributed by atoms with van der Waals surface area (Å²) in [6.07, 6.45) is 9.01. The van der Waals surface area contributed by atoms with Crippen molar-refractivity contribution in [3.63, 3.8) is 0 Å². The Morgan fingerprint density at radius 3 is 3.06 bits per heavy atom. The summed E-state index contributed by atoms with van der Waals surface area (Å²) in [4.78, 5) is 11.4. The van der Waals surface area contributed by atoms with Crippen molar-refractivity contribution < 1.29 is 0 Å². The number of fused-ring (bicyclic) bond motifs is 1. The predicted octanol–water partition coefficient (Wildman–Crippen LogP) is 1.54. The van der Waals surface area contributed by atoms with Gasteiger partial charge in [0.05, 0.1) is 0 Å². The minimum absolute atomic E-state index is 0.625. The standard InChI is InChI=1S/C14H22N4/c1-18(11-4-3-8-15-9-7-11)14-12-5-2-6-13(12)16-10-17-14/h10-11,15H,2-9H2,1H3. The summed E-state index contributed by atoms with van der Waals surface area (Å²) in [5.74, 6) is 1.18. The van der Waals surface area contributed by atoms with Crippen LogP contribution in [-0.4, -0.2) is 36.1 Å². The summed E-state index contributed by atoms with van der Waals surface area (Å²) in [6.45, 7) is 2.29. The highest BCUT2D eigenvalue weighted by Gasteiger charge is 2.24. The van der Waals surface area contributed by atoms with Crippen molar-refractivity contribution in [2.24, 2.45) is 0 Å². The molecular formula is C14H22N4. The van der Waals surface area contributed by atoms with E-state index >= 15 is 0 Å². The minimum atomic E-state index is 0.625. The molecule has 4 heteroatoms. The van der Waals surface area contributed by atoms with E-state index in [2.05, 4.69) is 27.2 Å². The first-order chi connectivity index (χ1) is 8.86. The average molecular weight is 246 g/mol. The number of hydrogen-bond donors (Lipinski definition) is 1. The first-order valence-corrected chi connectivity index (χ1v) is 7.12. The van der Waals surface area contributed by atoms with E-state index in [1.54, 1.807) is 6.33 Å². The number of hydrogen-bond acceptors (Lipinski definition) is 4. The van der Waals surface area contributed by atoms with E-state index in [0.29, 0.717) is 6.04 Å². The van der Waals surface area contributed by atoms with E-state index in [0.717, 1.165) is 25.9 Å². The van der Waals surface area contributed by atoms with Crippen LogP contribution in [0.15, 0.2) is 6.33 Å². The van der Waals surface area contributed by atoms with Crippen LogP contribution in [0, 0.1) is 0 Å². The van der Waals surface area contributed by atoms with Crippen LogP contribution in [0.3, 0.4) is 0 Å². The van der Waals surface area contributed by atoms with Crippen LogP contribution in [-0.2, 0) is 12.8 Å². The third-order valence-corrected chi connectivity index (χ3v) is 4.28. The van der Waals surface area contributed by atoms with Crippen LogP contribution in [0.4, 0.5) is 5.82 Å². The Morgan fingerprint density at radius 1 is 1.17 bits per heavy atom. The van der Waals surface area contributed by atoms with Crippen LogP contribution < -0.4 is 10.2 Å². The highest BCUT2D eigenvalue weighted by atomic mass is 15.2. The normalized spacial score (nSPS) is 23.5. The summed E-state index contributed by atoms with van der Waals surface area (Å²) in [5.41, 5.74) is 2.68. The van der Waals surface area contributed by atoms with Crippen LogP contribution in [0.25, 0.3) is 0 Å². The van der Waals surface area contributed by atoms with Crippen LogP contribution in [0.5, 0.6) is 0 Å². The van der Waals surface area contributed by atoms with Crippen LogP contribution in [0.1, 0.15) is 36.9 Å². The Hall–Kier alpha value is -1.16. The zero-order chi connectivity index (χ0) is 12.4. The van der Waals surface area contributed by atoms with Gasteiger partial charge in [0.15, 0.2) is 0 Å². The maximum atomic E-state index is 4.55. The van der Waals surface area contributed by atoms with Gasteiger partial charge >= 0.3 is 0 Å². The second-order valence-corrected chi connectivity index (χ2v) is 5.42. The summed E-state index contributed by atoms with van der Waals surface area (Å²) >= 11 is 0. The van der Waals surface area contributed by atoms with Gasteiger partial charge in [-0.05, 0) is 51.6 Å². The molecule has 1 atom stereocenters. The zero-order valence-electron chi connectivity index (χ0n) is 11.2. The molecule has 2 heterocycles. The van der Waals surface area contributed by atoms with Gasteiger partial charge in [0.2, 0.25) is 0 Å². The molecule has 1 aromatic rings. The van der Waals surface area contributed by atoms with Crippen molar-refractivity contribution in [1.82, 2.24) is 15.3 Å². The molecule has 0 saturated carbocycles. The van der Waals surface area contributed by atoms with Crippen molar-refractivity contribution in [2.75, 3.05) is 25.0 Å². The molecule has 2 aliphatic rings. The first kappa shape index (κ1) is 11.9. The lowest BCUT2D eigenvalue weighted by Gasteiger charge is -2.29. The fourth-order valence-electron chi connectivity index (χ4n) is 3.21. The second kappa shape index (κ2) is 5.22. The summed E-state index contributed by atoms with van der Waals surface area (Å²) < 4.78 is 0. The van der Waals surface area contributed by atoms with Crippen molar-refractivity contribution in [1.29, 1.82) is 0 Å². The monoisotopic (exact) mass is 246 g/mol. The van der Waals surface area contributed by atoms with Gasteiger partial charge in [-0.15, -0.1) is 0 Å². The highest BCUT2D eigenvalue weighted by molar-refractivity contribution is 5.50. The fraction of sp³-hybridized carbons (Fsp3) is 0.714. The molecule has 1 aromatic heterocycles. The molecule has 0 radical (unpaired) electrons. The van der Waals surface area contributed by atoms with E-state index in [-0.39, 0.29) is 0 Å². The lowest BCUT2D eigenvalue weighted by atomic mass is 10.1. The van der Waals surface area contributed by atoms with Gasteiger partial charge in [-0.25, -0.2) is 9.97 Å². The van der Waals surface area contributed by atoms with Crippen molar-refractivity contribution >= 4 is 5.82 Å². The van der Waals surface area contributed by atoms with E-state index in [4.69, 9.17) is 0 Å². The van der Waals surface area contributed by atoms with Gasteiger partial charge < -0.3 is 10.2 Å². The van der Waals surface area contributed by atoms with E-state index < -0.39 is 0 Å². The van der Waals surface area contributed by atoms with E-state index in [9.17, 15) is 0 Å². The predicted molar refractivity (Wildman–Crippen MR) is 73.0 cm³/mol. The Balaban J connectivity index is 1.83. The maximum Gasteiger partial charge on any atom is 0.135 e. The smallest absolute Gasteiger partial charge is 0.135 e. The Bertz CT molecular complexity index is 410. The quantitative estimate of drug-likeness (QED) is 0.859. The average Bonchev–Trinajstić information content (AvgIpc) is 2.71. The molecule has 0 amide bonds. The molecule has 18 heavy (non-hydrogen) atoms. The molecule has 0 spiro atoms. The third kappa shape index (κ3) is 2.21. The number of aryl methyl sites for hydroxylation is 1. The maximum absolute atomic E-state index is 4.55. The summed E-state index contributed by atoms with van der Waals surface area (Å²) in [5, 5.41) is 3.48. The molecule has 1 fully saturated rings. The molecular weight excluding hydrogens is 224 g/mol. The van der Waals surface area contributed by atoms with Crippen LogP contribution >= 0.6 is 0 Å². The number of aromatic nitrogens is 2. The van der Waals surface area contributed by atoms with Gasteiger partial charge in [-0.3, -0.25) is 0 Å². The lowest BCUT2D eigenvalue weighted by Crippen LogP contribution is -2.33. The first-order valence-electron chi connectivity index (χ1n) is 7.12. The van der Waals surface area contributed by atoms with Gasteiger partial charge in [0.1, 0.15) is 12.1 Å². The van der Waals surface area contributed by atoms with Crippen molar-refractivity contribution in [3.05, 3.63) is 17.6 Å². The third-order valence-electron chi connectivity index (χ3n) is 4.28. The van der Waals surface area contributed by atoms with Gasteiger partial charge in [0, 0.05) is 24.3 Å². The molecule has 1 N–H and O–H groups in total. The second-order valence-electron chi connectivity index (χ2n) is 5.42. The van der Waals surface area contributed by atoms with Crippen molar-refractivity contribution in [3.8, 4) is 0 Å². The summed E-state index contributed by atoms with van der Waals surface area (Å²) in [6, 6.07) is 0.625.